The van der Waals surface area contributed by atoms with Gasteiger partial charge in [0.15, 0.2) is 0 Å². The van der Waals surface area contributed by atoms with E-state index in [-0.39, 0.29) is 0 Å². The zero-order valence-corrected chi connectivity index (χ0v) is 28.0. The van der Waals surface area contributed by atoms with E-state index in [0.717, 1.165) is 79.3 Å². The van der Waals surface area contributed by atoms with Gasteiger partial charge in [-0.1, -0.05) is 116 Å². The van der Waals surface area contributed by atoms with E-state index in [2.05, 4.69) is 117 Å². The summed E-state index contributed by atoms with van der Waals surface area (Å²) in [7, 11) is 3.38. The average Bonchev–Trinajstić information content (AvgIpc) is 3.15. The predicted molar refractivity (Wildman–Crippen MR) is 201 cm³/mol. The van der Waals surface area contributed by atoms with Crippen molar-refractivity contribution in [3.8, 4) is 17.2 Å². The van der Waals surface area contributed by atoms with Crippen molar-refractivity contribution >= 4 is 22.8 Å². The van der Waals surface area contributed by atoms with Crippen LogP contribution in [0.1, 0.15) is 46.7 Å². The maximum Gasteiger partial charge on any atom is 0.119 e. The third-order valence-electron chi connectivity index (χ3n) is 8.23. The fraction of sp³-hybridized carbons (Fsp3) is 0.136. The summed E-state index contributed by atoms with van der Waals surface area (Å²) in [6, 6.07) is 44.0. The first-order valence-corrected chi connectivity index (χ1v) is 16.2. The Morgan fingerprint density at radius 1 is 0.604 bits per heavy atom. The molecule has 0 unspecified atom stereocenters. The van der Waals surface area contributed by atoms with Crippen LogP contribution in [0, 0.1) is 0 Å². The number of hydrogen-bond donors (Lipinski definition) is 1. The molecule has 0 aromatic heterocycles. The molecule has 0 saturated carbocycles. The maximum absolute atomic E-state index is 5.77. The zero-order valence-electron chi connectivity index (χ0n) is 28.0. The summed E-state index contributed by atoms with van der Waals surface area (Å²) in [5.74, 6) is 2.48. The molecule has 4 heteroatoms. The van der Waals surface area contributed by atoms with Crippen LogP contribution >= 0.6 is 0 Å². The Bertz CT molecular complexity index is 1820. The SMILES string of the molecule is C=C/C(C)=C(/C=C/c1ccc(OCCCN)cc1)c1ccc(C(=C(c2ccc(OC)cc2)c2ccc(OC)cc2)c2ccccc2)cc1. The van der Waals surface area contributed by atoms with Crippen LogP contribution in [0.25, 0.3) is 22.8 Å². The number of hydrogen-bond acceptors (Lipinski definition) is 4. The molecule has 242 valence electrons. The Morgan fingerprint density at radius 3 is 1.54 bits per heavy atom. The summed E-state index contributed by atoms with van der Waals surface area (Å²) in [6.45, 7) is 7.40. The van der Waals surface area contributed by atoms with E-state index in [0.29, 0.717) is 13.2 Å². The van der Waals surface area contributed by atoms with E-state index in [1.54, 1.807) is 14.2 Å². The minimum atomic E-state index is 0.621. The molecule has 0 heterocycles. The number of rotatable bonds is 14. The van der Waals surface area contributed by atoms with Crippen LogP contribution in [0.3, 0.4) is 0 Å². The van der Waals surface area contributed by atoms with Crippen LogP contribution in [-0.4, -0.2) is 27.4 Å². The molecule has 0 bridgehead atoms. The van der Waals surface area contributed by atoms with Crippen LogP contribution in [0.5, 0.6) is 17.2 Å². The van der Waals surface area contributed by atoms with Gasteiger partial charge in [0.05, 0.1) is 20.8 Å². The van der Waals surface area contributed by atoms with Gasteiger partial charge in [-0.3, -0.25) is 0 Å². The van der Waals surface area contributed by atoms with Gasteiger partial charge in [0.2, 0.25) is 0 Å². The van der Waals surface area contributed by atoms with Gasteiger partial charge >= 0.3 is 0 Å². The molecular formula is C44H43NO3. The molecule has 5 rings (SSSR count). The summed E-state index contributed by atoms with van der Waals surface area (Å²) < 4.78 is 16.7. The molecule has 0 atom stereocenters. The molecule has 0 saturated heterocycles. The van der Waals surface area contributed by atoms with E-state index in [1.165, 1.54) is 0 Å². The van der Waals surface area contributed by atoms with Crippen LogP contribution in [0.4, 0.5) is 0 Å². The van der Waals surface area contributed by atoms with Gasteiger partial charge in [0.25, 0.3) is 0 Å². The number of allylic oxidation sites excluding steroid dienone is 4. The zero-order chi connectivity index (χ0) is 33.7. The molecule has 5 aromatic carbocycles. The highest BCUT2D eigenvalue weighted by molar-refractivity contribution is 6.04. The molecule has 4 nitrogen and oxygen atoms in total. The predicted octanol–water partition coefficient (Wildman–Crippen LogP) is 10.1. The number of ether oxygens (including phenoxy) is 3. The number of benzene rings is 5. The van der Waals surface area contributed by atoms with Crippen LogP contribution < -0.4 is 19.9 Å². The minimum Gasteiger partial charge on any atom is -0.497 e. The van der Waals surface area contributed by atoms with Crippen LogP contribution in [0.15, 0.2) is 152 Å². The fourth-order valence-corrected chi connectivity index (χ4v) is 5.54. The van der Waals surface area contributed by atoms with E-state index < -0.39 is 0 Å². The Balaban J connectivity index is 1.58. The maximum atomic E-state index is 5.77. The lowest BCUT2D eigenvalue weighted by molar-refractivity contribution is 0.313. The Labute approximate surface area is 285 Å². The molecule has 0 fully saturated rings. The van der Waals surface area contributed by atoms with Gasteiger partial charge in [-0.25, -0.2) is 0 Å². The first-order chi connectivity index (χ1) is 23.5. The summed E-state index contributed by atoms with van der Waals surface area (Å²) in [6.07, 6.45) is 7.02. The van der Waals surface area contributed by atoms with Crippen LogP contribution in [0.2, 0.25) is 0 Å². The smallest absolute Gasteiger partial charge is 0.119 e. The van der Waals surface area contributed by atoms with Crippen molar-refractivity contribution in [3.63, 3.8) is 0 Å². The fourth-order valence-electron chi connectivity index (χ4n) is 5.54. The molecule has 0 radical (unpaired) electrons. The molecule has 0 aliphatic heterocycles. The topological polar surface area (TPSA) is 53.7 Å². The molecule has 5 aromatic rings. The largest absolute Gasteiger partial charge is 0.497 e. The number of nitrogens with two attached hydrogens (primary N) is 1. The van der Waals surface area contributed by atoms with E-state index in [1.807, 2.05) is 42.5 Å². The summed E-state index contributed by atoms with van der Waals surface area (Å²) in [4.78, 5) is 0. The second-order valence-corrected chi connectivity index (χ2v) is 11.3. The van der Waals surface area contributed by atoms with Crippen molar-refractivity contribution < 1.29 is 14.2 Å². The molecule has 0 aliphatic carbocycles. The standard InChI is InChI=1S/C44H43NO3/c1-5-32(2)42(29-14-33-12-23-41(24-13-33)48-31-9-30-45)34-15-17-36(18-16-34)43(35-10-7-6-8-11-35)44(37-19-25-39(46-3)26-20-37)38-21-27-40(47-4)28-22-38/h5-8,10-29H,1,9,30-31,45H2,2-4H3/b29-14+,42-32-. The van der Waals surface area contributed by atoms with Gasteiger partial charge in [-0.05, 0) is 112 Å². The summed E-state index contributed by atoms with van der Waals surface area (Å²) >= 11 is 0. The van der Waals surface area contributed by atoms with Crippen molar-refractivity contribution in [2.24, 2.45) is 5.73 Å². The van der Waals surface area contributed by atoms with Crippen LogP contribution in [-0.2, 0) is 0 Å². The molecule has 2 N–H and O–H groups in total. The van der Waals surface area contributed by atoms with Gasteiger partial charge < -0.3 is 19.9 Å². The molecular weight excluding hydrogens is 590 g/mol. The summed E-state index contributed by atoms with van der Waals surface area (Å²) in [5.41, 5.74) is 16.6. The average molecular weight is 634 g/mol. The lowest BCUT2D eigenvalue weighted by Gasteiger charge is -2.19. The lowest BCUT2D eigenvalue weighted by atomic mass is 9.85. The molecule has 48 heavy (non-hydrogen) atoms. The van der Waals surface area contributed by atoms with E-state index in [9.17, 15) is 0 Å². The minimum absolute atomic E-state index is 0.621. The third-order valence-corrected chi connectivity index (χ3v) is 8.23. The van der Waals surface area contributed by atoms with Gasteiger partial charge in [-0.2, -0.15) is 0 Å². The highest BCUT2D eigenvalue weighted by Crippen LogP contribution is 2.38. The Hall–Kier alpha value is -5.58. The normalized spacial score (nSPS) is 11.5. The first-order valence-electron chi connectivity index (χ1n) is 16.2. The van der Waals surface area contributed by atoms with Gasteiger partial charge in [0, 0.05) is 0 Å². The summed E-state index contributed by atoms with van der Waals surface area (Å²) in [5, 5.41) is 0. The van der Waals surface area contributed by atoms with Crippen molar-refractivity contribution in [2.45, 2.75) is 13.3 Å². The Kier molecular flexibility index (Phi) is 11.8. The van der Waals surface area contributed by atoms with Crippen molar-refractivity contribution in [3.05, 3.63) is 185 Å². The first kappa shape index (κ1) is 33.8. The highest BCUT2D eigenvalue weighted by Gasteiger charge is 2.17. The third kappa shape index (κ3) is 8.41. The molecule has 0 amide bonds. The van der Waals surface area contributed by atoms with Crippen molar-refractivity contribution in [2.75, 3.05) is 27.4 Å². The van der Waals surface area contributed by atoms with Crippen molar-refractivity contribution in [1.29, 1.82) is 0 Å². The quantitative estimate of drug-likeness (QED) is 0.0751. The Morgan fingerprint density at radius 2 is 1.06 bits per heavy atom. The van der Waals surface area contributed by atoms with Gasteiger partial charge in [0.1, 0.15) is 17.2 Å². The molecule has 0 spiro atoms. The number of methoxy groups -OCH3 is 2. The second-order valence-electron chi connectivity index (χ2n) is 11.3. The second kappa shape index (κ2) is 16.8. The van der Waals surface area contributed by atoms with Gasteiger partial charge in [-0.15, -0.1) is 0 Å². The monoisotopic (exact) mass is 633 g/mol. The van der Waals surface area contributed by atoms with Crippen molar-refractivity contribution in [1.82, 2.24) is 0 Å². The highest BCUT2D eigenvalue weighted by atomic mass is 16.5. The van der Waals surface area contributed by atoms with E-state index in [4.69, 9.17) is 19.9 Å². The molecule has 0 aliphatic rings. The lowest BCUT2D eigenvalue weighted by Crippen LogP contribution is -2.05. The van der Waals surface area contributed by atoms with E-state index >= 15 is 0 Å².